The van der Waals surface area contributed by atoms with Crippen molar-refractivity contribution in [3.05, 3.63) is 54.8 Å². The molecule has 4 nitrogen and oxygen atoms in total. The minimum atomic E-state index is -3.63. The topological polar surface area (TPSA) is 52.6 Å². The Morgan fingerprint density at radius 2 is 1.86 bits per heavy atom. The number of fused-ring (bicyclic) bond motifs is 2. The van der Waals surface area contributed by atoms with Crippen LogP contribution in [0.5, 0.6) is 17.2 Å². The molecule has 0 spiro atoms. The van der Waals surface area contributed by atoms with Crippen molar-refractivity contribution < 1.29 is 22.3 Å². The molecule has 1 heterocycles. The molecule has 0 saturated heterocycles. The maximum Gasteiger partial charge on any atom is 0.213 e. The zero-order chi connectivity index (χ0) is 15.0. The van der Waals surface area contributed by atoms with Crippen LogP contribution in [-0.4, -0.2) is 15.1 Å². The normalized spacial score (nSPS) is 14.5. The van der Waals surface area contributed by atoms with Crippen molar-refractivity contribution in [2.75, 3.05) is 6.67 Å². The highest BCUT2D eigenvalue weighted by atomic mass is 32.2. The fourth-order valence-electron chi connectivity index (χ4n) is 2.04. The largest absolute Gasteiger partial charge is 0.459 e. The number of para-hydroxylation sites is 1. The first-order valence-corrected chi connectivity index (χ1v) is 7.58. The van der Waals surface area contributed by atoms with E-state index in [1.165, 1.54) is 24.3 Å². The Balaban J connectivity index is 2.08. The summed E-state index contributed by atoms with van der Waals surface area (Å²) in [6.45, 7) is 2.57. The number of alkyl halides is 1. The molecule has 0 amide bonds. The van der Waals surface area contributed by atoms with Gasteiger partial charge in [-0.2, -0.15) is 0 Å². The summed E-state index contributed by atoms with van der Waals surface area (Å²) in [5, 5.41) is 0. The molecule has 0 unspecified atom stereocenters. The Labute approximate surface area is 121 Å². The van der Waals surface area contributed by atoms with E-state index >= 15 is 0 Å². The van der Waals surface area contributed by atoms with Crippen LogP contribution >= 0.6 is 0 Å². The molecular weight excluding hydrogens is 295 g/mol. The average Bonchev–Trinajstić information content (AvgIpc) is 2.47. The molecule has 21 heavy (non-hydrogen) atoms. The first-order valence-electron chi connectivity index (χ1n) is 6.10. The molecule has 3 rings (SSSR count). The Kier molecular flexibility index (Phi) is 3.17. The van der Waals surface area contributed by atoms with Gasteiger partial charge in [-0.15, -0.1) is 0 Å². The molecule has 0 bridgehead atoms. The molecule has 1 aliphatic heterocycles. The lowest BCUT2D eigenvalue weighted by Crippen LogP contribution is -2.11. The first kappa shape index (κ1) is 13.6. The minimum Gasteiger partial charge on any atom is -0.459 e. The molecule has 1 aliphatic rings. The van der Waals surface area contributed by atoms with Crippen molar-refractivity contribution in [3.8, 4) is 17.2 Å². The SMILES string of the molecule is C=C(CF)Oc1ccc2c(c1)Oc1ccccc1S2(=O)=O. The second-order valence-corrected chi connectivity index (χ2v) is 6.32. The Morgan fingerprint density at radius 1 is 1.14 bits per heavy atom. The van der Waals surface area contributed by atoms with Gasteiger partial charge in [0, 0.05) is 6.07 Å². The summed E-state index contributed by atoms with van der Waals surface area (Å²) in [7, 11) is -3.63. The number of allylic oxidation sites excluding steroid dienone is 1. The van der Waals surface area contributed by atoms with E-state index < -0.39 is 16.5 Å². The lowest BCUT2D eigenvalue weighted by molar-refractivity contribution is 0.357. The average molecular weight is 306 g/mol. The summed E-state index contributed by atoms with van der Waals surface area (Å²) >= 11 is 0. The van der Waals surface area contributed by atoms with Crippen LogP contribution in [-0.2, 0) is 9.84 Å². The standard InChI is InChI=1S/C15H11FO4S/c1-10(9-16)19-11-6-7-15-13(8-11)20-12-4-2-3-5-14(12)21(15,17)18/h2-8H,1,9H2. The van der Waals surface area contributed by atoms with Crippen LogP contribution in [0, 0.1) is 0 Å². The quantitative estimate of drug-likeness (QED) is 0.695. The number of ether oxygens (including phenoxy) is 2. The molecule has 6 heteroatoms. The first-order chi connectivity index (χ1) is 10.0. The molecule has 0 radical (unpaired) electrons. The van der Waals surface area contributed by atoms with E-state index in [0.717, 1.165) is 0 Å². The molecule has 0 aromatic heterocycles. The third-order valence-electron chi connectivity index (χ3n) is 2.97. The molecular formula is C15H11FO4S. The second kappa shape index (κ2) is 4.89. The van der Waals surface area contributed by atoms with E-state index in [9.17, 15) is 12.8 Å². The van der Waals surface area contributed by atoms with E-state index in [1.54, 1.807) is 18.2 Å². The van der Waals surface area contributed by atoms with Crippen molar-refractivity contribution in [1.29, 1.82) is 0 Å². The van der Waals surface area contributed by atoms with Gasteiger partial charge in [0.1, 0.15) is 39.5 Å². The molecule has 0 N–H and O–H groups in total. The van der Waals surface area contributed by atoms with Gasteiger partial charge in [0.2, 0.25) is 9.84 Å². The third kappa shape index (κ3) is 2.27. The van der Waals surface area contributed by atoms with Gasteiger partial charge in [0.15, 0.2) is 0 Å². The number of sulfone groups is 1. The summed E-state index contributed by atoms with van der Waals surface area (Å²) in [4.78, 5) is 0.179. The van der Waals surface area contributed by atoms with Crippen LogP contribution in [0.25, 0.3) is 0 Å². The van der Waals surface area contributed by atoms with Gasteiger partial charge >= 0.3 is 0 Å². The minimum absolute atomic E-state index is 0.0550. The number of rotatable bonds is 3. The highest BCUT2D eigenvalue weighted by molar-refractivity contribution is 7.91. The highest BCUT2D eigenvalue weighted by Crippen LogP contribution is 2.43. The van der Waals surface area contributed by atoms with Crippen LogP contribution < -0.4 is 9.47 Å². The fourth-order valence-corrected chi connectivity index (χ4v) is 3.52. The van der Waals surface area contributed by atoms with Gasteiger partial charge in [0.05, 0.1) is 0 Å². The third-order valence-corrected chi connectivity index (χ3v) is 4.81. The van der Waals surface area contributed by atoms with E-state index in [0.29, 0.717) is 0 Å². The predicted molar refractivity (Wildman–Crippen MR) is 74.2 cm³/mol. The maximum atomic E-state index is 12.5. The van der Waals surface area contributed by atoms with Crippen molar-refractivity contribution in [3.63, 3.8) is 0 Å². The van der Waals surface area contributed by atoms with Crippen LogP contribution in [0.4, 0.5) is 4.39 Å². The van der Waals surface area contributed by atoms with Crippen LogP contribution in [0.2, 0.25) is 0 Å². The van der Waals surface area contributed by atoms with Gasteiger partial charge < -0.3 is 9.47 Å². The van der Waals surface area contributed by atoms with E-state index in [-0.39, 0.29) is 32.8 Å². The van der Waals surface area contributed by atoms with Gasteiger partial charge in [-0.05, 0) is 24.3 Å². The van der Waals surface area contributed by atoms with E-state index in [2.05, 4.69) is 6.58 Å². The maximum absolute atomic E-state index is 12.5. The molecule has 0 atom stereocenters. The zero-order valence-electron chi connectivity index (χ0n) is 10.9. The Bertz CT molecular complexity index is 827. The molecule has 108 valence electrons. The van der Waals surface area contributed by atoms with Crippen molar-refractivity contribution >= 4 is 9.84 Å². The zero-order valence-corrected chi connectivity index (χ0v) is 11.7. The number of hydrogen-bond donors (Lipinski definition) is 0. The van der Waals surface area contributed by atoms with Gasteiger partial charge in [-0.3, -0.25) is 0 Å². The smallest absolute Gasteiger partial charge is 0.213 e. The van der Waals surface area contributed by atoms with Crippen molar-refractivity contribution in [1.82, 2.24) is 0 Å². The predicted octanol–water partition coefficient (Wildman–Crippen LogP) is 3.49. The van der Waals surface area contributed by atoms with E-state index in [4.69, 9.17) is 9.47 Å². The summed E-state index contributed by atoms with van der Waals surface area (Å²) in [6.07, 6.45) is 0. The number of benzene rings is 2. The van der Waals surface area contributed by atoms with E-state index in [1.807, 2.05) is 0 Å². The lowest BCUT2D eigenvalue weighted by Gasteiger charge is -2.20. The molecule has 0 aliphatic carbocycles. The monoisotopic (exact) mass is 306 g/mol. The Hall–Kier alpha value is -2.34. The Morgan fingerprint density at radius 3 is 2.62 bits per heavy atom. The summed E-state index contributed by atoms with van der Waals surface area (Å²) in [5.41, 5.74) is 0. The summed E-state index contributed by atoms with van der Waals surface area (Å²) < 4.78 is 48.1. The highest BCUT2D eigenvalue weighted by Gasteiger charge is 2.31. The number of halogens is 1. The molecule has 2 aromatic carbocycles. The van der Waals surface area contributed by atoms with Crippen LogP contribution in [0.3, 0.4) is 0 Å². The molecule has 2 aromatic rings. The second-order valence-electron chi connectivity index (χ2n) is 4.44. The van der Waals surface area contributed by atoms with Gasteiger partial charge in [0.25, 0.3) is 0 Å². The lowest BCUT2D eigenvalue weighted by atomic mass is 10.3. The van der Waals surface area contributed by atoms with Crippen LogP contribution in [0.1, 0.15) is 0 Å². The van der Waals surface area contributed by atoms with Crippen molar-refractivity contribution in [2.45, 2.75) is 9.79 Å². The van der Waals surface area contributed by atoms with Gasteiger partial charge in [-0.1, -0.05) is 18.7 Å². The fraction of sp³-hybridized carbons (Fsp3) is 0.0667. The van der Waals surface area contributed by atoms with Crippen molar-refractivity contribution in [2.24, 2.45) is 0 Å². The molecule has 0 fully saturated rings. The molecule has 0 saturated carbocycles. The summed E-state index contributed by atoms with van der Waals surface area (Å²) in [6, 6.07) is 10.6. The van der Waals surface area contributed by atoms with Crippen LogP contribution in [0.15, 0.2) is 64.6 Å². The number of hydrogen-bond acceptors (Lipinski definition) is 4. The van der Waals surface area contributed by atoms with Gasteiger partial charge in [-0.25, -0.2) is 12.8 Å². The summed E-state index contributed by atoms with van der Waals surface area (Å²) in [5.74, 6) is 0.615.